The van der Waals surface area contributed by atoms with Crippen molar-refractivity contribution < 1.29 is 4.79 Å². The van der Waals surface area contributed by atoms with Gasteiger partial charge in [-0.1, -0.05) is 13.3 Å². The second-order valence-electron chi connectivity index (χ2n) is 4.69. The molecule has 2 aromatic rings. The van der Waals surface area contributed by atoms with Gasteiger partial charge in [-0.25, -0.2) is 4.98 Å². The van der Waals surface area contributed by atoms with Gasteiger partial charge in [0.1, 0.15) is 0 Å². The highest BCUT2D eigenvalue weighted by atomic mass is 16.2. The standard InChI is InChI=1S/C13H19N5O/c1-4-5-11(14)13(19)16-9-6-10-8(2)17-18(3)12(10)15-7-9/h6-7,11H,4-5,14H2,1-3H3,(H,16,19). The zero-order valence-corrected chi connectivity index (χ0v) is 11.5. The molecule has 6 nitrogen and oxygen atoms in total. The third kappa shape index (κ3) is 2.73. The van der Waals surface area contributed by atoms with Crippen molar-refractivity contribution in [2.45, 2.75) is 32.7 Å². The number of aryl methyl sites for hydroxylation is 2. The highest BCUT2D eigenvalue weighted by Gasteiger charge is 2.13. The molecule has 0 aromatic carbocycles. The highest BCUT2D eigenvalue weighted by Crippen LogP contribution is 2.19. The van der Waals surface area contributed by atoms with Gasteiger partial charge in [0, 0.05) is 12.4 Å². The van der Waals surface area contributed by atoms with Gasteiger partial charge >= 0.3 is 0 Å². The molecule has 2 heterocycles. The molecule has 3 N–H and O–H groups in total. The molecule has 0 saturated heterocycles. The molecular formula is C13H19N5O. The Labute approximate surface area is 112 Å². The third-order valence-electron chi connectivity index (χ3n) is 3.07. The van der Waals surface area contributed by atoms with Crippen molar-refractivity contribution in [3.05, 3.63) is 18.0 Å². The lowest BCUT2D eigenvalue weighted by Crippen LogP contribution is -2.35. The van der Waals surface area contributed by atoms with Gasteiger partial charge in [-0.05, 0) is 19.4 Å². The predicted molar refractivity (Wildman–Crippen MR) is 74.8 cm³/mol. The second-order valence-corrected chi connectivity index (χ2v) is 4.69. The van der Waals surface area contributed by atoms with Crippen molar-refractivity contribution in [2.75, 3.05) is 5.32 Å². The van der Waals surface area contributed by atoms with E-state index in [-0.39, 0.29) is 5.91 Å². The molecule has 0 spiro atoms. The number of nitrogens with two attached hydrogens (primary N) is 1. The fraction of sp³-hybridized carbons (Fsp3) is 0.462. The number of fused-ring (bicyclic) bond motifs is 1. The van der Waals surface area contributed by atoms with E-state index in [2.05, 4.69) is 15.4 Å². The van der Waals surface area contributed by atoms with Crippen LogP contribution in [0.25, 0.3) is 11.0 Å². The van der Waals surface area contributed by atoms with Crippen LogP contribution in [0.1, 0.15) is 25.5 Å². The van der Waals surface area contributed by atoms with Crippen molar-refractivity contribution in [3.63, 3.8) is 0 Å². The Hall–Kier alpha value is -1.95. The molecule has 1 amide bonds. The summed E-state index contributed by atoms with van der Waals surface area (Å²) in [5, 5.41) is 8.02. The SMILES string of the molecule is CCCC(N)C(=O)Nc1cnc2c(c1)c(C)nn2C. The zero-order valence-electron chi connectivity index (χ0n) is 11.5. The monoisotopic (exact) mass is 261 g/mol. The summed E-state index contributed by atoms with van der Waals surface area (Å²) in [6.07, 6.45) is 3.18. The van der Waals surface area contributed by atoms with Crippen LogP contribution >= 0.6 is 0 Å². The number of aromatic nitrogens is 3. The lowest BCUT2D eigenvalue weighted by Gasteiger charge is -2.10. The first-order chi connectivity index (χ1) is 9.02. The van der Waals surface area contributed by atoms with E-state index in [4.69, 9.17) is 5.73 Å². The van der Waals surface area contributed by atoms with E-state index in [1.165, 1.54) is 0 Å². The fourth-order valence-corrected chi connectivity index (χ4v) is 2.05. The second kappa shape index (κ2) is 5.36. The summed E-state index contributed by atoms with van der Waals surface area (Å²) in [5.74, 6) is -0.176. The Morgan fingerprint density at radius 3 is 3.00 bits per heavy atom. The number of amides is 1. The van der Waals surface area contributed by atoms with E-state index in [9.17, 15) is 4.79 Å². The van der Waals surface area contributed by atoms with Gasteiger partial charge in [0.15, 0.2) is 5.65 Å². The van der Waals surface area contributed by atoms with Crippen LogP contribution in [-0.4, -0.2) is 26.7 Å². The van der Waals surface area contributed by atoms with Crippen LogP contribution < -0.4 is 11.1 Å². The third-order valence-corrected chi connectivity index (χ3v) is 3.07. The van der Waals surface area contributed by atoms with Crippen LogP contribution in [0.2, 0.25) is 0 Å². The first-order valence-corrected chi connectivity index (χ1v) is 6.38. The number of anilines is 1. The molecule has 19 heavy (non-hydrogen) atoms. The van der Waals surface area contributed by atoms with Gasteiger partial charge in [0.05, 0.1) is 23.6 Å². The molecule has 1 atom stereocenters. The Bertz CT molecular complexity index is 604. The van der Waals surface area contributed by atoms with Gasteiger partial charge in [-0.2, -0.15) is 5.10 Å². The number of pyridine rings is 1. The predicted octanol–water partition coefficient (Wildman–Crippen LogP) is 1.34. The summed E-state index contributed by atoms with van der Waals surface area (Å²) in [6, 6.07) is 1.40. The van der Waals surface area contributed by atoms with Crippen molar-refractivity contribution >= 4 is 22.6 Å². The Morgan fingerprint density at radius 1 is 1.58 bits per heavy atom. The summed E-state index contributed by atoms with van der Waals surface area (Å²) in [6.45, 7) is 3.91. The molecule has 0 aliphatic carbocycles. The minimum atomic E-state index is -0.476. The minimum absolute atomic E-state index is 0.176. The number of hydrogen-bond donors (Lipinski definition) is 2. The number of carbonyl (C=O) groups excluding carboxylic acids is 1. The first kappa shape index (κ1) is 13.5. The van der Waals surface area contributed by atoms with E-state index < -0.39 is 6.04 Å². The van der Waals surface area contributed by atoms with E-state index in [0.717, 1.165) is 23.1 Å². The maximum Gasteiger partial charge on any atom is 0.241 e. The number of hydrogen-bond acceptors (Lipinski definition) is 4. The van der Waals surface area contributed by atoms with Crippen molar-refractivity contribution in [2.24, 2.45) is 12.8 Å². The van der Waals surface area contributed by atoms with E-state index >= 15 is 0 Å². The number of rotatable bonds is 4. The molecule has 0 bridgehead atoms. The van der Waals surface area contributed by atoms with E-state index in [0.29, 0.717) is 12.1 Å². The van der Waals surface area contributed by atoms with Crippen LogP contribution in [0.4, 0.5) is 5.69 Å². The largest absolute Gasteiger partial charge is 0.323 e. The Morgan fingerprint density at radius 2 is 2.32 bits per heavy atom. The minimum Gasteiger partial charge on any atom is -0.323 e. The molecule has 1 unspecified atom stereocenters. The van der Waals surface area contributed by atoms with E-state index in [1.807, 2.05) is 27.0 Å². The molecule has 102 valence electrons. The van der Waals surface area contributed by atoms with Crippen LogP contribution in [0.15, 0.2) is 12.3 Å². The van der Waals surface area contributed by atoms with Crippen LogP contribution in [0, 0.1) is 6.92 Å². The lowest BCUT2D eigenvalue weighted by atomic mass is 10.1. The Kier molecular flexibility index (Phi) is 3.80. The first-order valence-electron chi connectivity index (χ1n) is 6.38. The summed E-state index contributed by atoms with van der Waals surface area (Å²) >= 11 is 0. The normalized spacial score (nSPS) is 12.6. The van der Waals surface area contributed by atoms with Gasteiger partial charge in [0.2, 0.25) is 5.91 Å². The number of nitrogens with zero attached hydrogens (tertiary/aromatic N) is 3. The summed E-state index contributed by atoms with van der Waals surface area (Å²) in [5.41, 5.74) is 8.11. The maximum absolute atomic E-state index is 11.8. The smallest absolute Gasteiger partial charge is 0.241 e. The van der Waals surface area contributed by atoms with Crippen molar-refractivity contribution in [3.8, 4) is 0 Å². The molecule has 0 aliphatic rings. The molecule has 2 rings (SSSR count). The van der Waals surface area contributed by atoms with Gasteiger partial charge in [-0.15, -0.1) is 0 Å². The molecule has 0 fully saturated rings. The van der Waals surface area contributed by atoms with Gasteiger partial charge < -0.3 is 11.1 Å². The van der Waals surface area contributed by atoms with Gasteiger partial charge in [-0.3, -0.25) is 9.48 Å². The summed E-state index contributed by atoms with van der Waals surface area (Å²) in [7, 11) is 1.84. The topological polar surface area (TPSA) is 85.8 Å². The molecular weight excluding hydrogens is 242 g/mol. The number of nitrogens with one attached hydrogen (secondary N) is 1. The summed E-state index contributed by atoms with van der Waals surface area (Å²) in [4.78, 5) is 16.1. The maximum atomic E-state index is 11.8. The fourth-order valence-electron chi connectivity index (χ4n) is 2.05. The molecule has 2 aromatic heterocycles. The lowest BCUT2D eigenvalue weighted by molar-refractivity contribution is -0.117. The average molecular weight is 261 g/mol. The number of carbonyl (C=O) groups is 1. The van der Waals surface area contributed by atoms with Gasteiger partial charge in [0.25, 0.3) is 0 Å². The van der Waals surface area contributed by atoms with Crippen molar-refractivity contribution in [1.82, 2.24) is 14.8 Å². The zero-order chi connectivity index (χ0) is 14.0. The summed E-state index contributed by atoms with van der Waals surface area (Å²) < 4.78 is 1.72. The highest BCUT2D eigenvalue weighted by molar-refractivity contribution is 5.96. The van der Waals surface area contributed by atoms with Crippen LogP contribution in [-0.2, 0) is 11.8 Å². The Balaban J connectivity index is 2.22. The van der Waals surface area contributed by atoms with Crippen molar-refractivity contribution in [1.29, 1.82) is 0 Å². The molecule has 6 heteroatoms. The van der Waals surface area contributed by atoms with E-state index in [1.54, 1.807) is 10.9 Å². The molecule has 0 saturated carbocycles. The molecule has 0 radical (unpaired) electrons. The van der Waals surface area contributed by atoms with Crippen LogP contribution in [0.3, 0.4) is 0 Å². The molecule has 0 aliphatic heterocycles. The average Bonchev–Trinajstić information content (AvgIpc) is 2.65. The van der Waals surface area contributed by atoms with Crippen LogP contribution in [0.5, 0.6) is 0 Å². The quantitative estimate of drug-likeness (QED) is 0.869.